The van der Waals surface area contributed by atoms with E-state index in [2.05, 4.69) is 10.3 Å². The number of methoxy groups -OCH3 is 1. The van der Waals surface area contributed by atoms with Gasteiger partial charge in [-0.25, -0.2) is 0 Å². The van der Waals surface area contributed by atoms with E-state index in [4.69, 9.17) is 16.3 Å². The third-order valence-corrected chi connectivity index (χ3v) is 4.02. The van der Waals surface area contributed by atoms with Gasteiger partial charge in [-0.1, -0.05) is 11.6 Å². The Kier molecular flexibility index (Phi) is 3.58. The molecular formula is C15H17ClN2O. The summed E-state index contributed by atoms with van der Waals surface area (Å²) in [4.78, 5) is 4.36. The molecule has 0 radical (unpaired) electrons. The quantitative estimate of drug-likeness (QED) is 0.924. The van der Waals surface area contributed by atoms with E-state index in [-0.39, 0.29) is 0 Å². The van der Waals surface area contributed by atoms with Gasteiger partial charge in [-0.15, -0.1) is 0 Å². The van der Waals surface area contributed by atoms with Crippen molar-refractivity contribution in [3.8, 4) is 0 Å². The lowest BCUT2D eigenvalue weighted by Crippen LogP contribution is -2.17. The predicted molar refractivity (Wildman–Crippen MR) is 78.8 cm³/mol. The molecule has 3 rings (SSSR count). The number of ether oxygens (including phenoxy) is 1. The van der Waals surface area contributed by atoms with E-state index in [1.54, 1.807) is 7.11 Å². The summed E-state index contributed by atoms with van der Waals surface area (Å²) in [5, 5.41) is 5.44. The highest BCUT2D eigenvalue weighted by atomic mass is 35.5. The number of benzene rings is 1. The molecule has 4 heteroatoms. The number of fused-ring (bicyclic) bond motifs is 1. The Labute approximate surface area is 117 Å². The molecule has 0 bridgehead atoms. The van der Waals surface area contributed by atoms with E-state index < -0.39 is 0 Å². The summed E-state index contributed by atoms with van der Waals surface area (Å²) in [6.45, 7) is 0. The molecule has 1 fully saturated rings. The number of pyridine rings is 1. The van der Waals surface area contributed by atoms with Gasteiger partial charge in [-0.3, -0.25) is 4.98 Å². The Morgan fingerprint density at radius 1 is 1.32 bits per heavy atom. The first kappa shape index (κ1) is 12.7. The van der Waals surface area contributed by atoms with Gasteiger partial charge in [0.15, 0.2) is 0 Å². The number of halogens is 1. The minimum atomic E-state index is 0.389. The molecule has 2 unspecified atom stereocenters. The molecule has 0 amide bonds. The lowest BCUT2D eigenvalue weighted by molar-refractivity contribution is 0.108. The Morgan fingerprint density at radius 2 is 2.21 bits per heavy atom. The number of anilines is 1. The molecule has 2 atom stereocenters. The second kappa shape index (κ2) is 5.35. The number of nitrogens with one attached hydrogen (secondary N) is 1. The zero-order chi connectivity index (χ0) is 13.2. The van der Waals surface area contributed by atoms with Gasteiger partial charge in [-0.2, -0.15) is 0 Å². The molecule has 1 aromatic carbocycles. The van der Waals surface area contributed by atoms with Crippen LogP contribution in [0.3, 0.4) is 0 Å². The maximum atomic E-state index is 6.00. The highest BCUT2D eigenvalue weighted by Crippen LogP contribution is 2.29. The average Bonchev–Trinajstić information content (AvgIpc) is 2.86. The number of hydrogen-bond donors (Lipinski definition) is 1. The van der Waals surface area contributed by atoms with Gasteiger partial charge in [0.05, 0.1) is 11.6 Å². The van der Waals surface area contributed by atoms with E-state index >= 15 is 0 Å². The summed E-state index contributed by atoms with van der Waals surface area (Å²) in [7, 11) is 1.79. The molecule has 1 aliphatic rings. The van der Waals surface area contributed by atoms with E-state index in [1.807, 2.05) is 30.5 Å². The third-order valence-electron chi connectivity index (χ3n) is 3.78. The molecule has 0 aliphatic heterocycles. The normalized spacial score (nSPS) is 22.8. The summed E-state index contributed by atoms with van der Waals surface area (Å²) < 4.78 is 5.41. The van der Waals surface area contributed by atoms with Crippen molar-refractivity contribution in [1.82, 2.24) is 4.98 Å². The molecule has 19 heavy (non-hydrogen) atoms. The van der Waals surface area contributed by atoms with Crippen molar-refractivity contribution >= 4 is 28.2 Å². The maximum absolute atomic E-state index is 6.00. The lowest BCUT2D eigenvalue weighted by atomic mass is 10.1. The van der Waals surface area contributed by atoms with Gasteiger partial charge in [-0.05, 0) is 43.5 Å². The Bertz CT molecular complexity index is 587. The van der Waals surface area contributed by atoms with Crippen LogP contribution in [0.4, 0.5) is 5.69 Å². The van der Waals surface area contributed by atoms with Gasteiger partial charge in [0.25, 0.3) is 0 Å². The molecule has 1 heterocycles. The van der Waals surface area contributed by atoms with E-state index in [1.165, 1.54) is 0 Å². The number of hydrogen-bond acceptors (Lipinski definition) is 3. The largest absolute Gasteiger partial charge is 0.382 e. The van der Waals surface area contributed by atoms with Gasteiger partial charge >= 0.3 is 0 Å². The van der Waals surface area contributed by atoms with Crippen LogP contribution in [0.15, 0.2) is 30.5 Å². The monoisotopic (exact) mass is 276 g/mol. The Morgan fingerprint density at radius 3 is 3.00 bits per heavy atom. The fourth-order valence-electron chi connectivity index (χ4n) is 2.75. The van der Waals surface area contributed by atoms with Crippen molar-refractivity contribution < 1.29 is 4.74 Å². The first-order chi connectivity index (χ1) is 9.26. The standard InChI is InChI=1S/C15H17ClN2O/c1-19-12-4-3-11(9-12)18-14-6-7-17-15-8-10(16)2-5-13(14)15/h2,5-8,11-12H,3-4,9H2,1H3,(H,17,18). The molecule has 3 nitrogen and oxygen atoms in total. The summed E-state index contributed by atoms with van der Waals surface area (Å²) in [5.41, 5.74) is 2.06. The van der Waals surface area contributed by atoms with E-state index in [0.717, 1.165) is 40.9 Å². The van der Waals surface area contributed by atoms with Gasteiger partial charge in [0.2, 0.25) is 0 Å². The number of nitrogens with zero attached hydrogens (tertiary/aromatic N) is 1. The van der Waals surface area contributed by atoms with Crippen molar-refractivity contribution in [2.75, 3.05) is 12.4 Å². The minimum Gasteiger partial charge on any atom is -0.382 e. The maximum Gasteiger partial charge on any atom is 0.0737 e. The first-order valence-corrected chi connectivity index (χ1v) is 6.97. The van der Waals surface area contributed by atoms with Crippen LogP contribution in [0.25, 0.3) is 10.9 Å². The number of aromatic nitrogens is 1. The van der Waals surface area contributed by atoms with Crippen molar-refractivity contribution in [2.45, 2.75) is 31.4 Å². The molecule has 2 aromatic rings. The summed E-state index contributed by atoms with van der Waals surface area (Å²) >= 11 is 6.00. The van der Waals surface area contributed by atoms with Crippen LogP contribution in [-0.4, -0.2) is 24.2 Å². The van der Waals surface area contributed by atoms with Crippen molar-refractivity contribution in [3.05, 3.63) is 35.5 Å². The summed E-state index contributed by atoms with van der Waals surface area (Å²) in [6, 6.07) is 8.33. The molecule has 1 saturated carbocycles. The minimum absolute atomic E-state index is 0.389. The Hall–Kier alpha value is -1.32. The van der Waals surface area contributed by atoms with Crippen LogP contribution in [0.5, 0.6) is 0 Å². The van der Waals surface area contributed by atoms with Gasteiger partial charge < -0.3 is 10.1 Å². The Balaban J connectivity index is 1.85. The molecule has 1 N–H and O–H groups in total. The topological polar surface area (TPSA) is 34.1 Å². The van der Waals surface area contributed by atoms with Crippen molar-refractivity contribution in [1.29, 1.82) is 0 Å². The molecule has 0 saturated heterocycles. The molecular weight excluding hydrogens is 260 g/mol. The highest BCUT2D eigenvalue weighted by molar-refractivity contribution is 6.31. The fourth-order valence-corrected chi connectivity index (χ4v) is 2.92. The van der Waals surface area contributed by atoms with E-state index in [0.29, 0.717) is 12.1 Å². The third kappa shape index (κ3) is 2.67. The molecule has 1 aromatic heterocycles. The summed E-state index contributed by atoms with van der Waals surface area (Å²) in [6.07, 6.45) is 5.55. The van der Waals surface area contributed by atoms with Crippen LogP contribution in [0.2, 0.25) is 5.02 Å². The number of rotatable bonds is 3. The first-order valence-electron chi connectivity index (χ1n) is 6.60. The second-order valence-corrected chi connectivity index (χ2v) is 5.47. The fraction of sp³-hybridized carbons (Fsp3) is 0.400. The lowest BCUT2D eigenvalue weighted by Gasteiger charge is -2.16. The van der Waals surface area contributed by atoms with Crippen LogP contribution in [-0.2, 0) is 4.74 Å². The highest BCUT2D eigenvalue weighted by Gasteiger charge is 2.24. The van der Waals surface area contributed by atoms with Crippen LogP contribution in [0.1, 0.15) is 19.3 Å². The van der Waals surface area contributed by atoms with Crippen LogP contribution >= 0.6 is 11.6 Å². The van der Waals surface area contributed by atoms with E-state index in [9.17, 15) is 0 Å². The molecule has 100 valence electrons. The molecule has 1 aliphatic carbocycles. The smallest absolute Gasteiger partial charge is 0.0737 e. The zero-order valence-electron chi connectivity index (χ0n) is 10.9. The second-order valence-electron chi connectivity index (χ2n) is 5.03. The van der Waals surface area contributed by atoms with Crippen LogP contribution < -0.4 is 5.32 Å². The molecule has 0 spiro atoms. The SMILES string of the molecule is COC1CCC(Nc2ccnc3cc(Cl)ccc23)C1. The average molecular weight is 277 g/mol. The predicted octanol–water partition coefficient (Wildman–Crippen LogP) is 3.87. The van der Waals surface area contributed by atoms with Crippen LogP contribution in [0, 0.1) is 0 Å². The summed E-state index contributed by atoms with van der Waals surface area (Å²) in [5.74, 6) is 0. The zero-order valence-corrected chi connectivity index (χ0v) is 11.7. The van der Waals surface area contributed by atoms with Gasteiger partial charge in [0.1, 0.15) is 0 Å². The van der Waals surface area contributed by atoms with Crippen molar-refractivity contribution in [3.63, 3.8) is 0 Å². The van der Waals surface area contributed by atoms with Crippen molar-refractivity contribution in [2.24, 2.45) is 0 Å². The van der Waals surface area contributed by atoms with Gasteiger partial charge in [0, 0.05) is 35.4 Å².